The summed E-state index contributed by atoms with van der Waals surface area (Å²) < 4.78 is 0. The van der Waals surface area contributed by atoms with Crippen molar-refractivity contribution in [1.29, 1.82) is 0 Å². The lowest BCUT2D eigenvalue weighted by atomic mass is 9.88. The van der Waals surface area contributed by atoms with Crippen molar-refractivity contribution in [2.24, 2.45) is 0 Å². The first-order valence-corrected chi connectivity index (χ1v) is 3.90. The van der Waals surface area contributed by atoms with Crippen molar-refractivity contribution >= 4 is 0 Å². The summed E-state index contributed by atoms with van der Waals surface area (Å²) in [6.07, 6.45) is 3.80. The first kappa shape index (κ1) is 8.50. The van der Waals surface area contributed by atoms with Crippen molar-refractivity contribution < 1.29 is 10.2 Å². The molecule has 1 atom stereocenters. The maximum Gasteiger partial charge on any atom is 0.0618 e. The summed E-state index contributed by atoms with van der Waals surface area (Å²) in [6, 6.07) is 0. The van der Waals surface area contributed by atoms with Crippen LogP contribution in [-0.2, 0) is 0 Å². The minimum atomic E-state index is -0.238. The van der Waals surface area contributed by atoms with E-state index in [1.165, 1.54) is 0 Å². The van der Waals surface area contributed by atoms with E-state index in [9.17, 15) is 5.11 Å². The van der Waals surface area contributed by atoms with E-state index in [-0.39, 0.29) is 12.7 Å². The topological polar surface area (TPSA) is 40.5 Å². The molecule has 0 saturated heterocycles. The Morgan fingerprint density at radius 1 is 1.64 bits per heavy atom. The van der Waals surface area contributed by atoms with Crippen molar-refractivity contribution in [1.82, 2.24) is 0 Å². The van der Waals surface area contributed by atoms with E-state index in [0.717, 1.165) is 24.0 Å². The van der Waals surface area contributed by atoms with Crippen LogP contribution in [0.15, 0.2) is 23.8 Å². The Labute approximate surface area is 66.9 Å². The van der Waals surface area contributed by atoms with Gasteiger partial charge in [0.15, 0.2) is 0 Å². The van der Waals surface area contributed by atoms with Crippen LogP contribution in [-0.4, -0.2) is 22.9 Å². The summed E-state index contributed by atoms with van der Waals surface area (Å²) in [7, 11) is 0. The highest BCUT2D eigenvalue weighted by molar-refractivity contribution is 5.31. The van der Waals surface area contributed by atoms with Crippen molar-refractivity contribution in [3.63, 3.8) is 0 Å². The van der Waals surface area contributed by atoms with E-state index in [2.05, 4.69) is 6.58 Å². The molecular weight excluding hydrogens is 140 g/mol. The fraction of sp³-hybridized carbons (Fsp3) is 0.556. The molecule has 1 fully saturated rings. The minimum absolute atomic E-state index is 0.0427. The summed E-state index contributed by atoms with van der Waals surface area (Å²) in [6.45, 7) is 3.90. The fourth-order valence-corrected chi connectivity index (χ4v) is 1.34. The molecule has 11 heavy (non-hydrogen) atoms. The molecule has 0 spiro atoms. The van der Waals surface area contributed by atoms with Gasteiger partial charge in [0.25, 0.3) is 0 Å². The molecule has 0 heterocycles. The Morgan fingerprint density at radius 3 is 3.00 bits per heavy atom. The second-order valence-corrected chi connectivity index (χ2v) is 2.91. The third-order valence-corrected chi connectivity index (χ3v) is 2.03. The summed E-state index contributed by atoms with van der Waals surface area (Å²) in [5.41, 5.74) is 2.08. The highest BCUT2D eigenvalue weighted by atomic mass is 16.3. The number of hydrogen-bond acceptors (Lipinski definition) is 2. The Morgan fingerprint density at radius 2 is 2.36 bits per heavy atom. The number of allylic oxidation sites excluding steroid dienone is 1. The van der Waals surface area contributed by atoms with Crippen molar-refractivity contribution in [3.05, 3.63) is 23.8 Å². The third-order valence-electron chi connectivity index (χ3n) is 2.03. The van der Waals surface area contributed by atoms with Gasteiger partial charge in [0.05, 0.1) is 12.7 Å². The highest BCUT2D eigenvalue weighted by Crippen LogP contribution is 2.27. The Kier molecular flexibility index (Phi) is 2.85. The molecule has 2 heteroatoms. The molecule has 1 aliphatic rings. The summed E-state index contributed by atoms with van der Waals surface area (Å²) >= 11 is 0. The van der Waals surface area contributed by atoms with Crippen LogP contribution in [0.5, 0.6) is 0 Å². The first-order chi connectivity index (χ1) is 5.24. The van der Waals surface area contributed by atoms with Gasteiger partial charge in [-0.2, -0.15) is 0 Å². The average Bonchev–Trinajstić information content (AvgIpc) is 1.98. The molecule has 0 aromatic carbocycles. The number of rotatable bonds is 1. The number of aliphatic hydroxyl groups excluding tert-OH is 2. The van der Waals surface area contributed by atoms with Crippen LogP contribution >= 0.6 is 0 Å². The van der Waals surface area contributed by atoms with Gasteiger partial charge in [-0.25, -0.2) is 0 Å². The smallest absolute Gasteiger partial charge is 0.0618 e. The lowest BCUT2D eigenvalue weighted by Crippen LogP contribution is -2.14. The quantitative estimate of drug-likeness (QED) is 0.591. The molecule has 0 radical (unpaired) electrons. The molecule has 1 aliphatic carbocycles. The molecule has 0 aromatic rings. The summed E-state index contributed by atoms with van der Waals surface area (Å²) in [5, 5.41) is 17.9. The molecule has 1 rings (SSSR count). The molecule has 2 N–H and O–H groups in total. The van der Waals surface area contributed by atoms with Gasteiger partial charge in [-0.1, -0.05) is 18.2 Å². The largest absolute Gasteiger partial charge is 0.393 e. The van der Waals surface area contributed by atoms with Crippen LogP contribution in [0.1, 0.15) is 19.3 Å². The van der Waals surface area contributed by atoms with Gasteiger partial charge in [0.2, 0.25) is 0 Å². The van der Waals surface area contributed by atoms with E-state index in [0.29, 0.717) is 6.42 Å². The molecule has 0 aromatic heterocycles. The Balaban J connectivity index is 2.61. The van der Waals surface area contributed by atoms with E-state index < -0.39 is 0 Å². The van der Waals surface area contributed by atoms with E-state index in [4.69, 9.17) is 5.11 Å². The third kappa shape index (κ3) is 2.17. The average molecular weight is 154 g/mol. The molecule has 2 nitrogen and oxygen atoms in total. The van der Waals surface area contributed by atoms with Crippen LogP contribution in [0.2, 0.25) is 0 Å². The zero-order valence-corrected chi connectivity index (χ0v) is 6.58. The van der Waals surface area contributed by atoms with Gasteiger partial charge in [0, 0.05) is 0 Å². The Hall–Kier alpha value is -0.600. The predicted molar refractivity (Wildman–Crippen MR) is 44.2 cm³/mol. The second-order valence-electron chi connectivity index (χ2n) is 2.91. The van der Waals surface area contributed by atoms with Gasteiger partial charge in [-0.05, 0) is 24.8 Å². The van der Waals surface area contributed by atoms with Gasteiger partial charge in [0.1, 0.15) is 0 Å². The number of hydrogen-bond donors (Lipinski definition) is 2. The maximum absolute atomic E-state index is 9.26. The summed E-state index contributed by atoms with van der Waals surface area (Å²) in [5.74, 6) is 0. The van der Waals surface area contributed by atoms with Crippen LogP contribution in [0, 0.1) is 0 Å². The molecule has 0 aliphatic heterocycles. The first-order valence-electron chi connectivity index (χ1n) is 3.90. The van der Waals surface area contributed by atoms with E-state index in [1.54, 1.807) is 6.08 Å². The van der Waals surface area contributed by atoms with Crippen LogP contribution in [0.3, 0.4) is 0 Å². The fourth-order valence-electron chi connectivity index (χ4n) is 1.34. The molecule has 0 bridgehead atoms. The Bertz CT molecular complexity index is 182. The van der Waals surface area contributed by atoms with E-state index in [1.807, 2.05) is 0 Å². The van der Waals surface area contributed by atoms with E-state index >= 15 is 0 Å². The van der Waals surface area contributed by atoms with Gasteiger partial charge in [-0.3, -0.25) is 0 Å². The highest BCUT2D eigenvalue weighted by Gasteiger charge is 2.16. The lowest BCUT2D eigenvalue weighted by Gasteiger charge is -2.21. The van der Waals surface area contributed by atoms with Gasteiger partial charge >= 0.3 is 0 Å². The monoisotopic (exact) mass is 154 g/mol. The van der Waals surface area contributed by atoms with Crippen molar-refractivity contribution in [2.45, 2.75) is 25.4 Å². The lowest BCUT2D eigenvalue weighted by molar-refractivity contribution is 0.158. The van der Waals surface area contributed by atoms with Crippen LogP contribution < -0.4 is 0 Å². The standard InChI is InChI=1S/C9H14O2/c1-7-2-3-9(11)6-8(7)4-5-10/h4,9-11H,1-3,5-6H2/b8-4-. The molecule has 62 valence electrons. The number of aliphatic hydroxyl groups is 2. The summed E-state index contributed by atoms with van der Waals surface area (Å²) in [4.78, 5) is 0. The molecule has 1 unspecified atom stereocenters. The molecule has 0 amide bonds. The second kappa shape index (κ2) is 3.69. The predicted octanol–water partition coefficient (Wildman–Crippen LogP) is 1.01. The van der Waals surface area contributed by atoms with Crippen LogP contribution in [0.4, 0.5) is 0 Å². The maximum atomic E-state index is 9.26. The van der Waals surface area contributed by atoms with Gasteiger partial charge < -0.3 is 10.2 Å². The zero-order chi connectivity index (χ0) is 8.27. The SMILES string of the molecule is C=C1CCC(O)C/C1=C/CO. The van der Waals surface area contributed by atoms with Crippen LogP contribution in [0.25, 0.3) is 0 Å². The zero-order valence-electron chi connectivity index (χ0n) is 6.58. The van der Waals surface area contributed by atoms with Crippen molar-refractivity contribution in [3.8, 4) is 0 Å². The molecule has 1 saturated carbocycles. The van der Waals surface area contributed by atoms with Crippen molar-refractivity contribution in [2.75, 3.05) is 6.61 Å². The minimum Gasteiger partial charge on any atom is -0.393 e. The molecular formula is C9H14O2. The normalized spacial score (nSPS) is 29.5. The van der Waals surface area contributed by atoms with Gasteiger partial charge in [-0.15, -0.1) is 0 Å².